The average molecular weight is 365 g/mol. The summed E-state index contributed by atoms with van der Waals surface area (Å²) in [6, 6.07) is 9.00. The molecular formula is C19H22F3N3O. The highest BCUT2D eigenvalue weighted by Crippen LogP contribution is 2.30. The molecule has 140 valence electrons. The van der Waals surface area contributed by atoms with Crippen molar-refractivity contribution in [2.45, 2.75) is 51.9 Å². The molecule has 1 N–H and O–H groups in total. The van der Waals surface area contributed by atoms with Gasteiger partial charge in [-0.3, -0.25) is 9.48 Å². The Morgan fingerprint density at radius 1 is 1.38 bits per heavy atom. The fourth-order valence-electron chi connectivity index (χ4n) is 3.39. The van der Waals surface area contributed by atoms with Crippen molar-refractivity contribution in [3.05, 3.63) is 52.8 Å². The van der Waals surface area contributed by atoms with Gasteiger partial charge in [0.05, 0.1) is 18.5 Å². The van der Waals surface area contributed by atoms with Crippen LogP contribution >= 0.6 is 0 Å². The third-order valence-corrected chi connectivity index (χ3v) is 4.85. The SMILES string of the molecule is Cc1cc(C(F)(F)F)nn1C[C@H](C)C(=O)N[C@@H]1CCCc2ccccc21. The molecule has 1 aliphatic carbocycles. The summed E-state index contributed by atoms with van der Waals surface area (Å²) in [6.07, 6.45) is -1.60. The maximum absolute atomic E-state index is 12.8. The second-order valence-electron chi connectivity index (χ2n) is 6.90. The van der Waals surface area contributed by atoms with Gasteiger partial charge in [0.2, 0.25) is 5.91 Å². The molecule has 2 atom stereocenters. The fraction of sp³-hybridized carbons (Fsp3) is 0.474. The normalized spacial score (nSPS) is 18.3. The largest absolute Gasteiger partial charge is 0.435 e. The quantitative estimate of drug-likeness (QED) is 0.889. The van der Waals surface area contributed by atoms with Crippen molar-refractivity contribution in [3.63, 3.8) is 0 Å². The van der Waals surface area contributed by atoms with Gasteiger partial charge in [-0.1, -0.05) is 31.2 Å². The summed E-state index contributed by atoms with van der Waals surface area (Å²) in [7, 11) is 0. The Morgan fingerprint density at radius 3 is 2.81 bits per heavy atom. The van der Waals surface area contributed by atoms with Gasteiger partial charge in [-0.05, 0) is 43.4 Å². The van der Waals surface area contributed by atoms with E-state index < -0.39 is 17.8 Å². The van der Waals surface area contributed by atoms with Gasteiger partial charge in [-0.25, -0.2) is 0 Å². The van der Waals surface area contributed by atoms with Crippen molar-refractivity contribution in [2.75, 3.05) is 0 Å². The zero-order valence-electron chi connectivity index (χ0n) is 14.8. The number of aryl methyl sites for hydroxylation is 2. The second kappa shape index (κ2) is 7.13. The van der Waals surface area contributed by atoms with Crippen LogP contribution in [-0.4, -0.2) is 15.7 Å². The van der Waals surface area contributed by atoms with E-state index in [9.17, 15) is 18.0 Å². The van der Waals surface area contributed by atoms with E-state index in [1.807, 2.05) is 18.2 Å². The molecule has 7 heteroatoms. The van der Waals surface area contributed by atoms with Gasteiger partial charge in [0.15, 0.2) is 5.69 Å². The zero-order valence-corrected chi connectivity index (χ0v) is 14.8. The van der Waals surface area contributed by atoms with E-state index in [-0.39, 0.29) is 18.5 Å². The number of amides is 1. The number of fused-ring (bicyclic) bond motifs is 1. The first-order valence-corrected chi connectivity index (χ1v) is 8.75. The van der Waals surface area contributed by atoms with Crippen LogP contribution in [0, 0.1) is 12.8 Å². The first-order valence-electron chi connectivity index (χ1n) is 8.75. The molecule has 1 aromatic heterocycles. The molecule has 0 fully saturated rings. The Labute approximate surface area is 150 Å². The van der Waals surface area contributed by atoms with Crippen LogP contribution < -0.4 is 5.32 Å². The van der Waals surface area contributed by atoms with Gasteiger partial charge in [-0.2, -0.15) is 18.3 Å². The molecule has 0 unspecified atom stereocenters. The van der Waals surface area contributed by atoms with Crippen LogP contribution in [0.1, 0.15) is 48.3 Å². The first kappa shape index (κ1) is 18.5. The number of alkyl halides is 3. The fourth-order valence-corrected chi connectivity index (χ4v) is 3.39. The van der Waals surface area contributed by atoms with Crippen LogP contribution in [0.15, 0.2) is 30.3 Å². The number of carbonyl (C=O) groups is 1. The molecule has 2 aromatic rings. The lowest BCUT2D eigenvalue weighted by molar-refractivity contribution is -0.141. The molecular weight excluding hydrogens is 343 g/mol. The van der Waals surface area contributed by atoms with Crippen molar-refractivity contribution in [1.29, 1.82) is 0 Å². The van der Waals surface area contributed by atoms with Crippen molar-refractivity contribution >= 4 is 5.91 Å². The summed E-state index contributed by atoms with van der Waals surface area (Å²) in [5.74, 6) is -0.654. The molecule has 1 amide bonds. The molecule has 0 aliphatic heterocycles. The molecule has 3 rings (SSSR count). The summed E-state index contributed by atoms with van der Waals surface area (Å²) < 4.78 is 39.6. The Balaban J connectivity index is 1.67. The highest BCUT2D eigenvalue weighted by Gasteiger charge is 2.34. The van der Waals surface area contributed by atoms with Gasteiger partial charge in [0.25, 0.3) is 0 Å². The van der Waals surface area contributed by atoms with Crippen molar-refractivity contribution in [2.24, 2.45) is 5.92 Å². The van der Waals surface area contributed by atoms with Crippen LogP contribution in [0.3, 0.4) is 0 Å². The molecule has 0 bridgehead atoms. The van der Waals surface area contributed by atoms with Crippen LogP contribution in [0.4, 0.5) is 13.2 Å². The maximum atomic E-state index is 12.8. The Morgan fingerprint density at radius 2 is 2.12 bits per heavy atom. The number of halogens is 3. The van der Waals surface area contributed by atoms with Gasteiger partial charge in [0, 0.05) is 5.69 Å². The molecule has 0 saturated carbocycles. The monoisotopic (exact) mass is 365 g/mol. The number of hydrogen-bond acceptors (Lipinski definition) is 2. The van der Waals surface area contributed by atoms with Gasteiger partial charge in [-0.15, -0.1) is 0 Å². The number of benzene rings is 1. The Kier molecular flexibility index (Phi) is 5.07. The molecule has 0 spiro atoms. The summed E-state index contributed by atoms with van der Waals surface area (Å²) in [5, 5.41) is 6.65. The lowest BCUT2D eigenvalue weighted by Gasteiger charge is -2.27. The summed E-state index contributed by atoms with van der Waals surface area (Å²) in [6.45, 7) is 3.38. The van der Waals surface area contributed by atoms with E-state index in [1.165, 1.54) is 10.2 Å². The number of aromatic nitrogens is 2. The minimum atomic E-state index is -4.48. The molecule has 26 heavy (non-hydrogen) atoms. The lowest BCUT2D eigenvalue weighted by Crippen LogP contribution is -2.36. The predicted octanol–water partition coefficient (Wildman–Crippen LogP) is 4.04. The van der Waals surface area contributed by atoms with E-state index >= 15 is 0 Å². The van der Waals surface area contributed by atoms with E-state index in [2.05, 4.69) is 16.5 Å². The molecule has 1 aliphatic rings. The van der Waals surface area contributed by atoms with E-state index in [4.69, 9.17) is 0 Å². The third kappa shape index (κ3) is 3.92. The van der Waals surface area contributed by atoms with Gasteiger partial charge >= 0.3 is 6.18 Å². The summed E-state index contributed by atoms with van der Waals surface area (Å²) in [5.41, 5.74) is 1.84. The number of nitrogens with one attached hydrogen (secondary N) is 1. The highest BCUT2D eigenvalue weighted by atomic mass is 19.4. The number of hydrogen-bond donors (Lipinski definition) is 1. The van der Waals surface area contributed by atoms with Crippen LogP contribution in [-0.2, 0) is 23.9 Å². The first-order chi connectivity index (χ1) is 12.3. The van der Waals surface area contributed by atoms with Crippen molar-refractivity contribution in [3.8, 4) is 0 Å². The van der Waals surface area contributed by atoms with E-state index in [1.54, 1.807) is 13.8 Å². The minimum absolute atomic E-state index is 0.0423. The molecule has 4 nitrogen and oxygen atoms in total. The molecule has 1 heterocycles. The molecule has 1 aromatic carbocycles. The minimum Gasteiger partial charge on any atom is -0.349 e. The standard InChI is InChI=1S/C19H22F3N3O/c1-12(11-25-13(2)10-17(24-25)19(20,21)22)18(26)23-16-9-5-7-14-6-3-4-8-15(14)16/h3-4,6,8,10,12,16H,5,7,9,11H2,1-2H3,(H,23,26)/t12-,16+/m0/s1. The lowest BCUT2D eigenvalue weighted by atomic mass is 9.87. The maximum Gasteiger partial charge on any atom is 0.435 e. The van der Waals surface area contributed by atoms with Crippen molar-refractivity contribution < 1.29 is 18.0 Å². The predicted molar refractivity (Wildman–Crippen MR) is 91.4 cm³/mol. The van der Waals surface area contributed by atoms with E-state index in [0.29, 0.717) is 5.69 Å². The Bertz CT molecular complexity index is 798. The zero-order chi connectivity index (χ0) is 18.9. The Hall–Kier alpha value is -2.31. The van der Waals surface area contributed by atoms with Crippen LogP contribution in [0.2, 0.25) is 0 Å². The molecule has 0 radical (unpaired) electrons. The van der Waals surface area contributed by atoms with Crippen molar-refractivity contribution in [1.82, 2.24) is 15.1 Å². The van der Waals surface area contributed by atoms with E-state index in [0.717, 1.165) is 30.9 Å². The van der Waals surface area contributed by atoms with Crippen LogP contribution in [0.25, 0.3) is 0 Å². The second-order valence-corrected chi connectivity index (χ2v) is 6.90. The molecule has 0 saturated heterocycles. The topological polar surface area (TPSA) is 46.9 Å². The van der Waals surface area contributed by atoms with Gasteiger partial charge < -0.3 is 5.32 Å². The number of carbonyl (C=O) groups excluding carboxylic acids is 1. The smallest absolute Gasteiger partial charge is 0.349 e. The summed E-state index contributed by atoms with van der Waals surface area (Å²) in [4.78, 5) is 12.6. The number of rotatable bonds is 4. The third-order valence-electron chi connectivity index (χ3n) is 4.85. The average Bonchev–Trinajstić information content (AvgIpc) is 2.96. The highest BCUT2D eigenvalue weighted by molar-refractivity contribution is 5.78. The number of nitrogens with zero attached hydrogens (tertiary/aromatic N) is 2. The van der Waals surface area contributed by atoms with Gasteiger partial charge in [0.1, 0.15) is 0 Å². The summed E-state index contributed by atoms with van der Waals surface area (Å²) >= 11 is 0. The van der Waals surface area contributed by atoms with Crippen LogP contribution in [0.5, 0.6) is 0 Å².